The number of hydrogen-bond donors (Lipinski definition) is 2. The molecule has 148 valence electrons. The highest BCUT2D eigenvalue weighted by Gasteiger charge is 2.18. The van der Waals surface area contributed by atoms with Gasteiger partial charge in [-0.2, -0.15) is 0 Å². The topological polar surface area (TPSA) is 93.5 Å². The number of rotatable bonds is 7. The standard InChI is InChI=1S/C21H18IN3O4/c1-14-11-16(22)7-9-19(14)23-20-10-8-17(25(27)28)12-18(20)21(26)24-29-13-15-5-3-2-4-6-15/h2-12,23H,13H2,1H3,(H,24,26). The number of anilines is 2. The second-order valence-electron chi connectivity index (χ2n) is 6.28. The van der Waals surface area contributed by atoms with E-state index in [0.29, 0.717) is 5.69 Å². The van der Waals surface area contributed by atoms with E-state index in [2.05, 4.69) is 33.4 Å². The van der Waals surface area contributed by atoms with Crippen LogP contribution in [0.2, 0.25) is 0 Å². The Morgan fingerprint density at radius 3 is 2.48 bits per heavy atom. The van der Waals surface area contributed by atoms with Crippen LogP contribution in [0.5, 0.6) is 0 Å². The van der Waals surface area contributed by atoms with E-state index in [-0.39, 0.29) is 17.9 Å². The number of nitrogens with zero attached hydrogens (tertiary/aromatic N) is 1. The average Bonchev–Trinajstić information content (AvgIpc) is 2.71. The number of aryl methyl sites for hydroxylation is 1. The van der Waals surface area contributed by atoms with Gasteiger partial charge < -0.3 is 5.32 Å². The summed E-state index contributed by atoms with van der Waals surface area (Å²) in [6.07, 6.45) is 0. The first-order valence-electron chi connectivity index (χ1n) is 8.71. The molecule has 0 aliphatic carbocycles. The molecule has 0 unspecified atom stereocenters. The van der Waals surface area contributed by atoms with Crippen LogP contribution in [0, 0.1) is 20.6 Å². The Labute approximate surface area is 181 Å². The molecule has 1 amide bonds. The van der Waals surface area contributed by atoms with E-state index in [1.54, 1.807) is 0 Å². The molecule has 0 aliphatic heterocycles. The lowest BCUT2D eigenvalue weighted by molar-refractivity contribution is -0.384. The van der Waals surface area contributed by atoms with Crippen LogP contribution < -0.4 is 10.8 Å². The summed E-state index contributed by atoms with van der Waals surface area (Å²) in [7, 11) is 0. The summed E-state index contributed by atoms with van der Waals surface area (Å²) >= 11 is 2.22. The maximum Gasteiger partial charge on any atom is 0.277 e. The van der Waals surface area contributed by atoms with Gasteiger partial charge in [0, 0.05) is 21.4 Å². The number of non-ortho nitro benzene ring substituents is 1. The number of nitro benzene ring substituents is 1. The lowest BCUT2D eigenvalue weighted by Crippen LogP contribution is -2.24. The summed E-state index contributed by atoms with van der Waals surface area (Å²) < 4.78 is 1.08. The van der Waals surface area contributed by atoms with Crippen molar-refractivity contribution in [2.24, 2.45) is 0 Å². The first-order chi connectivity index (χ1) is 13.9. The van der Waals surface area contributed by atoms with Gasteiger partial charge in [-0.3, -0.25) is 19.7 Å². The number of halogens is 1. The van der Waals surface area contributed by atoms with Crippen LogP contribution in [0.1, 0.15) is 21.5 Å². The number of hydroxylamine groups is 1. The van der Waals surface area contributed by atoms with E-state index in [0.717, 1.165) is 20.4 Å². The number of nitro groups is 1. The predicted molar refractivity (Wildman–Crippen MR) is 119 cm³/mol. The zero-order valence-corrected chi connectivity index (χ0v) is 17.7. The summed E-state index contributed by atoms with van der Waals surface area (Å²) in [6, 6.07) is 19.3. The largest absolute Gasteiger partial charge is 0.355 e. The maximum atomic E-state index is 12.7. The fourth-order valence-electron chi connectivity index (χ4n) is 2.67. The van der Waals surface area contributed by atoms with Crippen LogP contribution in [0.3, 0.4) is 0 Å². The summed E-state index contributed by atoms with van der Waals surface area (Å²) in [4.78, 5) is 28.6. The summed E-state index contributed by atoms with van der Waals surface area (Å²) in [6.45, 7) is 2.12. The maximum absolute atomic E-state index is 12.7. The molecule has 7 nitrogen and oxygen atoms in total. The Balaban J connectivity index is 1.81. The zero-order chi connectivity index (χ0) is 20.8. The second-order valence-corrected chi connectivity index (χ2v) is 7.52. The van der Waals surface area contributed by atoms with Gasteiger partial charge >= 0.3 is 0 Å². The molecule has 0 aromatic heterocycles. The van der Waals surface area contributed by atoms with E-state index in [9.17, 15) is 14.9 Å². The van der Waals surface area contributed by atoms with Gasteiger partial charge in [0.1, 0.15) is 0 Å². The van der Waals surface area contributed by atoms with Crippen molar-refractivity contribution in [3.63, 3.8) is 0 Å². The molecule has 3 aromatic carbocycles. The quantitative estimate of drug-likeness (QED) is 0.266. The molecule has 0 saturated carbocycles. The van der Waals surface area contributed by atoms with E-state index in [1.807, 2.05) is 55.5 Å². The van der Waals surface area contributed by atoms with Crippen LogP contribution in [-0.2, 0) is 11.4 Å². The summed E-state index contributed by atoms with van der Waals surface area (Å²) in [5.41, 5.74) is 5.42. The van der Waals surface area contributed by atoms with E-state index < -0.39 is 10.8 Å². The average molecular weight is 503 g/mol. The minimum atomic E-state index is -0.574. The highest BCUT2D eigenvalue weighted by Crippen LogP contribution is 2.28. The molecule has 3 rings (SSSR count). The molecule has 3 aromatic rings. The van der Waals surface area contributed by atoms with Crippen molar-refractivity contribution >= 4 is 45.6 Å². The number of amides is 1. The number of benzene rings is 3. The van der Waals surface area contributed by atoms with Gasteiger partial charge in [-0.25, -0.2) is 5.48 Å². The van der Waals surface area contributed by atoms with Gasteiger partial charge in [0.15, 0.2) is 0 Å². The number of carbonyl (C=O) groups is 1. The number of carbonyl (C=O) groups excluding carboxylic acids is 1. The van der Waals surface area contributed by atoms with E-state index >= 15 is 0 Å². The molecular weight excluding hydrogens is 485 g/mol. The Morgan fingerprint density at radius 2 is 1.79 bits per heavy atom. The van der Waals surface area contributed by atoms with Crippen molar-refractivity contribution in [2.75, 3.05) is 5.32 Å². The number of nitrogens with one attached hydrogen (secondary N) is 2. The minimum absolute atomic E-state index is 0.116. The number of hydrogen-bond acceptors (Lipinski definition) is 5. The monoisotopic (exact) mass is 503 g/mol. The van der Waals surface area contributed by atoms with Crippen LogP contribution in [0.4, 0.5) is 17.1 Å². The third kappa shape index (κ3) is 5.52. The van der Waals surface area contributed by atoms with Gasteiger partial charge in [0.2, 0.25) is 0 Å². The second kappa shape index (κ2) is 9.48. The lowest BCUT2D eigenvalue weighted by atomic mass is 10.1. The highest BCUT2D eigenvalue weighted by molar-refractivity contribution is 14.1. The van der Waals surface area contributed by atoms with Gasteiger partial charge in [-0.1, -0.05) is 30.3 Å². The fourth-order valence-corrected chi connectivity index (χ4v) is 3.32. The normalized spacial score (nSPS) is 10.4. The molecular formula is C21H18IN3O4. The van der Waals surface area contributed by atoms with Gasteiger partial charge in [-0.15, -0.1) is 0 Å². The van der Waals surface area contributed by atoms with Gasteiger partial charge in [0.25, 0.3) is 11.6 Å². The zero-order valence-electron chi connectivity index (χ0n) is 15.5. The fraction of sp³-hybridized carbons (Fsp3) is 0.0952. The van der Waals surface area contributed by atoms with Crippen molar-refractivity contribution in [3.8, 4) is 0 Å². The van der Waals surface area contributed by atoms with Crippen molar-refractivity contribution in [1.29, 1.82) is 0 Å². The third-order valence-electron chi connectivity index (χ3n) is 4.16. The van der Waals surface area contributed by atoms with Crippen molar-refractivity contribution < 1.29 is 14.6 Å². The molecule has 0 heterocycles. The molecule has 0 saturated heterocycles. The Hall–Kier alpha value is -2.98. The highest BCUT2D eigenvalue weighted by atomic mass is 127. The molecule has 29 heavy (non-hydrogen) atoms. The van der Waals surface area contributed by atoms with E-state index in [4.69, 9.17) is 4.84 Å². The summed E-state index contributed by atoms with van der Waals surface area (Å²) in [5.74, 6) is -0.574. The molecule has 0 spiro atoms. The molecule has 2 N–H and O–H groups in total. The van der Waals surface area contributed by atoms with Crippen LogP contribution in [0.25, 0.3) is 0 Å². The van der Waals surface area contributed by atoms with Gasteiger partial charge in [0.05, 0.1) is 22.8 Å². The van der Waals surface area contributed by atoms with E-state index in [1.165, 1.54) is 18.2 Å². The van der Waals surface area contributed by atoms with Crippen molar-refractivity contribution in [3.05, 3.63) is 97.1 Å². The van der Waals surface area contributed by atoms with Crippen LogP contribution >= 0.6 is 22.6 Å². The molecule has 0 radical (unpaired) electrons. The van der Waals surface area contributed by atoms with Gasteiger partial charge in [-0.05, 0) is 64.9 Å². The van der Waals surface area contributed by atoms with Crippen molar-refractivity contribution in [2.45, 2.75) is 13.5 Å². The SMILES string of the molecule is Cc1cc(I)ccc1Nc1ccc([N+](=O)[O-])cc1C(=O)NOCc1ccccc1. The van der Waals surface area contributed by atoms with Crippen LogP contribution in [-0.4, -0.2) is 10.8 Å². The minimum Gasteiger partial charge on any atom is -0.355 e. The van der Waals surface area contributed by atoms with Crippen LogP contribution in [0.15, 0.2) is 66.7 Å². The third-order valence-corrected chi connectivity index (χ3v) is 4.83. The molecule has 0 aliphatic rings. The smallest absolute Gasteiger partial charge is 0.277 e. The molecule has 0 atom stereocenters. The Morgan fingerprint density at radius 1 is 1.07 bits per heavy atom. The Bertz CT molecular complexity index is 1040. The molecule has 0 fully saturated rings. The first-order valence-corrected chi connectivity index (χ1v) is 9.79. The van der Waals surface area contributed by atoms with Crippen molar-refractivity contribution in [1.82, 2.24) is 5.48 Å². The predicted octanol–water partition coefficient (Wildman–Crippen LogP) is 5.11. The Kier molecular flexibility index (Phi) is 6.78. The first kappa shape index (κ1) is 20.7. The lowest BCUT2D eigenvalue weighted by Gasteiger charge is -2.14. The molecule has 0 bridgehead atoms. The molecule has 8 heteroatoms. The summed E-state index contributed by atoms with van der Waals surface area (Å²) in [5, 5.41) is 14.3.